The lowest BCUT2D eigenvalue weighted by Gasteiger charge is -2.26. The number of nitrogens with zero attached hydrogens (tertiary/aromatic N) is 2. The molecule has 116 valence electrons. The molecule has 0 bridgehead atoms. The molecule has 1 aromatic heterocycles. The quantitative estimate of drug-likeness (QED) is 0.659. The predicted octanol–water partition coefficient (Wildman–Crippen LogP) is 3.52. The summed E-state index contributed by atoms with van der Waals surface area (Å²) in [4.78, 5) is 20.4. The van der Waals surface area contributed by atoms with Gasteiger partial charge in [-0.15, -0.1) is 0 Å². The van der Waals surface area contributed by atoms with Crippen LogP contribution in [0.15, 0.2) is 6.33 Å². The predicted molar refractivity (Wildman–Crippen MR) is 84.0 cm³/mol. The Morgan fingerprint density at radius 1 is 1.38 bits per heavy atom. The van der Waals surface area contributed by atoms with Gasteiger partial charge in [0, 0.05) is 11.5 Å². The minimum Gasteiger partial charge on any atom is -0.281 e. The highest BCUT2D eigenvalue weighted by Gasteiger charge is 2.25. The van der Waals surface area contributed by atoms with E-state index in [1.165, 1.54) is 12.7 Å². The summed E-state index contributed by atoms with van der Waals surface area (Å²) in [5, 5.41) is 0.419. The molecule has 2 atom stereocenters. The highest BCUT2D eigenvalue weighted by Crippen LogP contribution is 2.29. The van der Waals surface area contributed by atoms with Crippen LogP contribution in [0.5, 0.6) is 0 Å². The van der Waals surface area contributed by atoms with Crippen molar-refractivity contribution in [1.82, 2.24) is 15.4 Å². The Kier molecular flexibility index (Phi) is 5.39. The molecule has 0 saturated heterocycles. The highest BCUT2D eigenvalue weighted by atomic mass is 35.5. The van der Waals surface area contributed by atoms with Crippen LogP contribution in [0.1, 0.15) is 57.9 Å². The molecule has 5 nitrogen and oxygen atoms in total. The van der Waals surface area contributed by atoms with E-state index in [9.17, 15) is 4.79 Å². The van der Waals surface area contributed by atoms with Gasteiger partial charge in [0.25, 0.3) is 0 Å². The first kappa shape index (κ1) is 16.0. The topological polar surface area (TPSA) is 66.9 Å². The van der Waals surface area contributed by atoms with Gasteiger partial charge in [-0.05, 0) is 24.7 Å². The van der Waals surface area contributed by atoms with E-state index in [0.29, 0.717) is 16.9 Å². The van der Waals surface area contributed by atoms with Gasteiger partial charge < -0.3 is 0 Å². The van der Waals surface area contributed by atoms with Gasteiger partial charge in [0.05, 0.1) is 0 Å². The molecule has 1 aromatic rings. The molecule has 1 amide bonds. The van der Waals surface area contributed by atoms with E-state index in [0.717, 1.165) is 24.8 Å². The number of hydrogen-bond acceptors (Lipinski definition) is 4. The van der Waals surface area contributed by atoms with E-state index in [1.807, 2.05) is 13.8 Å². The van der Waals surface area contributed by atoms with E-state index in [1.54, 1.807) is 0 Å². The second kappa shape index (κ2) is 7.07. The molecule has 0 unspecified atom stereocenters. The smallest absolute Gasteiger partial charge is 0.241 e. The number of anilines is 1. The summed E-state index contributed by atoms with van der Waals surface area (Å²) in [5.41, 5.74) is 6.50. The van der Waals surface area contributed by atoms with Crippen LogP contribution in [0.25, 0.3) is 0 Å². The van der Waals surface area contributed by atoms with Crippen molar-refractivity contribution in [2.24, 2.45) is 11.8 Å². The summed E-state index contributed by atoms with van der Waals surface area (Å²) >= 11 is 6.10. The molecule has 0 aliphatic heterocycles. The zero-order valence-corrected chi connectivity index (χ0v) is 13.6. The van der Waals surface area contributed by atoms with E-state index in [2.05, 4.69) is 27.7 Å². The third-order valence-electron chi connectivity index (χ3n) is 4.02. The average molecular weight is 311 g/mol. The number of aromatic nitrogens is 2. The molecule has 2 N–H and O–H groups in total. The van der Waals surface area contributed by atoms with Gasteiger partial charge in [-0.3, -0.25) is 15.6 Å². The SMILES string of the molecule is CC(C)c1c(Cl)ncnc1NNC(=O)[C@@H]1CCC[C@@H](C)C1. The van der Waals surface area contributed by atoms with E-state index < -0.39 is 0 Å². The summed E-state index contributed by atoms with van der Waals surface area (Å²) in [5.74, 6) is 1.48. The van der Waals surface area contributed by atoms with Gasteiger partial charge in [-0.25, -0.2) is 9.97 Å². The van der Waals surface area contributed by atoms with Crippen molar-refractivity contribution in [3.63, 3.8) is 0 Å². The fourth-order valence-electron chi connectivity index (χ4n) is 2.88. The van der Waals surface area contributed by atoms with Crippen molar-refractivity contribution in [1.29, 1.82) is 0 Å². The molecular weight excluding hydrogens is 288 g/mol. The second-order valence-corrected chi connectivity index (χ2v) is 6.52. The van der Waals surface area contributed by atoms with Gasteiger partial charge in [-0.1, -0.05) is 45.2 Å². The van der Waals surface area contributed by atoms with Crippen LogP contribution < -0.4 is 10.9 Å². The van der Waals surface area contributed by atoms with Gasteiger partial charge in [-0.2, -0.15) is 0 Å². The molecule has 21 heavy (non-hydrogen) atoms. The number of hydrazine groups is 1. The molecular formula is C15H23ClN4O. The van der Waals surface area contributed by atoms with E-state index in [-0.39, 0.29) is 17.7 Å². The Morgan fingerprint density at radius 3 is 2.81 bits per heavy atom. The molecule has 0 aromatic carbocycles. The number of carbonyl (C=O) groups is 1. The summed E-state index contributed by atoms with van der Waals surface area (Å²) in [7, 11) is 0. The maximum absolute atomic E-state index is 12.2. The third kappa shape index (κ3) is 4.06. The number of nitrogens with one attached hydrogen (secondary N) is 2. The highest BCUT2D eigenvalue weighted by molar-refractivity contribution is 6.30. The fourth-order valence-corrected chi connectivity index (χ4v) is 3.23. The Bertz CT molecular complexity index is 506. The Hall–Kier alpha value is -1.36. The molecule has 0 spiro atoms. The standard InChI is InChI=1S/C15H23ClN4O/c1-9(2)12-13(16)17-8-18-14(12)19-20-15(21)11-6-4-5-10(3)7-11/h8-11H,4-7H2,1-3H3,(H,20,21)(H,17,18,19)/t10-,11-/m1/s1. The normalized spacial score (nSPS) is 22.1. The third-order valence-corrected chi connectivity index (χ3v) is 4.33. The molecule has 1 aliphatic carbocycles. The first-order chi connectivity index (χ1) is 9.99. The zero-order valence-electron chi connectivity index (χ0n) is 12.8. The number of halogens is 1. The maximum Gasteiger partial charge on any atom is 0.241 e. The lowest BCUT2D eigenvalue weighted by Crippen LogP contribution is -2.37. The van der Waals surface area contributed by atoms with Crippen molar-refractivity contribution >= 4 is 23.3 Å². The Morgan fingerprint density at radius 2 is 2.14 bits per heavy atom. The van der Waals surface area contributed by atoms with Crippen LogP contribution in [-0.4, -0.2) is 15.9 Å². The number of amides is 1. The van der Waals surface area contributed by atoms with Crippen molar-refractivity contribution in [3.8, 4) is 0 Å². The van der Waals surface area contributed by atoms with E-state index >= 15 is 0 Å². The first-order valence-electron chi connectivity index (χ1n) is 7.55. The van der Waals surface area contributed by atoms with Crippen molar-refractivity contribution in [2.75, 3.05) is 5.43 Å². The Balaban J connectivity index is 2.00. The summed E-state index contributed by atoms with van der Waals surface area (Å²) in [6.07, 6.45) is 5.64. The van der Waals surface area contributed by atoms with Crippen molar-refractivity contribution in [3.05, 3.63) is 17.0 Å². The molecule has 6 heteroatoms. The van der Waals surface area contributed by atoms with Crippen LogP contribution in [0.2, 0.25) is 5.15 Å². The van der Waals surface area contributed by atoms with E-state index in [4.69, 9.17) is 11.6 Å². The summed E-state index contributed by atoms with van der Waals surface area (Å²) in [6.45, 7) is 6.23. The number of hydrogen-bond donors (Lipinski definition) is 2. The first-order valence-corrected chi connectivity index (χ1v) is 7.93. The molecule has 2 rings (SSSR count). The fraction of sp³-hybridized carbons (Fsp3) is 0.667. The van der Waals surface area contributed by atoms with Crippen LogP contribution in [-0.2, 0) is 4.79 Å². The van der Waals surface area contributed by atoms with Gasteiger partial charge >= 0.3 is 0 Å². The van der Waals surface area contributed by atoms with Crippen molar-refractivity contribution in [2.45, 2.75) is 52.4 Å². The molecule has 1 aliphatic rings. The van der Waals surface area contributed by atoms with Crippen LogP contribution in [0.3, 0.4) is 0 Å². The van der Waals surface area contributed by atoms with Crippen LogP contribution in [0, 0.1) is 11.8 Å². The van der Waals surface area contributed by atoms with Gasteiger partial charge in [0.1, 0.15) is 11.5 Å². The Labute approximate surface area is 130 Å². The minimum absolute atomic E-state index is 0.0333. The largest absolute Gasteiger partial charge is 0.281 e. The summed E-state index contributed by atoms with van der Waals surface area (Å²) < 4.78 is 0. The zero-order chi connectivity index (χ0) is 15.4. The lowest BCUT2D eigenvalue weighted by atomic mass is 9.82. The maximum atomic E-state index is 12.2. The average Bonchev–Trinajstić information content (AvgIpc) is 2.44. The van der Waals surface area contributed by atoms with Gasteiger partial charge in [0.15, 0.2) is 5.82 Å². The monoisotopic (exact) mass is 310 g/mol. The number of carbonyl (C=O) groups excluding carboxylic acids is 1. The molecule has 1 heterocycles. The van der Waals surface area contributed by atoms with Crippen LogP contribution in [0.4, 0.5) is 5.82 Å². The van der Waals surface area contributed by atoms with Gasteiger partial charge in [0.2, 0.25) is 5.91 Å². The van der Waals surface area contributed by atoms with Crippen molar-refractivity contribution < 1.29 is 4.79 Å². The molecule has 1 fully saturated rings. The number of rotatable bonds is 4. The lowest BCUT2D eigenvalue weighted by molar-refractivity contribution is -0.125. The second-order valence-electron chi connectivity index (χ2n) is 6.16. The van der Waals surface area contributed by atoms with Crippen LogP contribution >= 0.6 is 11.6 Å². The summed E-state index contributed by atoms with van der Waals surface area (Å²) in [6, 6.07) is 0. The minimum atomic E-state index is 0.0333. The molecule has 1 saturated carbocycles. The molecule has 0 radical (unpaired) electrons.